The van der Waals surface area contributed by atoms with Gasteiger partial charge in [0.25, 0.3) is 5.91 Å². The number of carbonyl (C=O) groups excluding carboxylic acids is 2. The van der Waals surface area contributed by atoms with Crippen molar-refractivity contribution < 1.29 is 24.5 Å². The van der Waals surface area contributed by atoms with Crippen LogP contribution in [0.25, 0.3) is 0 Å². The number of aryl methyl sites for hydroxylation is 1. The Labute approximate surface area is 287 Å². The Balaban J connectivity index is 0.000000518. The summed E-state index contributed by atoms with van der Waals surface area (Å²) in [6.07, 6.45) is 10.3. The van der Waals surface area contributed by atoms with E-state index in [4.69, 9.17) is 16.3 Å². The summed E-state index contributed by atoms with van der Waals surface area (Å²) in [5.74, 6) is 2.20. The molecule has 258 valence electrons. The van der Waals surface area contributed by atoms with E-state index in [1.165, 1.54) is 37.0 Å². The Morgan fingerprint density at radius 3 is 2.30 bits per heavy atom. The van der Waals surface area contributed by atoms with E-state index in [0.717, 1.165) is 65.0 Å². The van der Waals surface area contributed by atoms with E-state index in [9.17, 15) is 19.8 Å². The maximum Gasteiger partial charge on any atom is 0.287 e. The highest BCUT2D eigenvalue weighted by molar-refractivity contribution is 7.48. The molecule has 3 aliphatic rings. The highest BCUT2D eigenvalue weighted by Crippen LogP contribution is 2.46. The molecule has 2 aromatic rings. The Kier molecular flexibility index (Phi) is 15.6. The number of rotatable bonds is 8. The van der Waals surface area contributed by atoms with Gasteiger partial charge in [0.15, 0.2) is 17.3 Å². The van der Waals surface area contributed by atoms with Gasteiger partial charge in [-0.25, -0.2) is 0 Å². The highest BCUT2D eigenvalue weighted by Gasteiger charge is 2.47. The van der Waals surface area contributed by atoms with Crippen LogP contribution in [0.15, 0.2) is 48.2 Å². The fraction of sp³-hybridized carbons (Fsp3) is 0.541. The molecule has 2 aliphatic heterocycles. The van der Waals surface area contributed by atoms with Crippen molar-refractivity contribution in [1.29, 1.82) is 0 Å². The third kappa shape index (κ3) is 11.3. The molecule has 0 bridgehead atoms. The molecular formula is C37H53ClN3O5P. The standard InChI is InChI=1S/C28H40N3O5P.C7H7Cl.C2H6/c1-19(2)30-27(35)28(20-7-4-3-5-8-20)10-14-31(15-11-28)13-6-12-29-26(34)23-9-16-37-25-18-22(33)21(32)17-24(25)36-23;1-6-2-4-7(8)5-3-6;1-2/h9,16-20,32-33H,3-8,10-15H2,1-2H3,(H,29,34)(H,30,35);2-5H,1H3;1-2H3. The van der Waals surface area contributed by atoms with Crippen molar-refractivity contribution in [3.8, 4) is 17.2 Å². The Morgan fingerprint density at radius 1 is 1.04 bits per heavy atom. The summed E-state index contributed by atoms with van der Waals surface area (Å²) >= 11 is 5.61. The number of carbonyl (C=O) groups is 2. The molecule has 47 heavy (non-hydrogen) atoms. The number of phenolic OH excluding ortho intramolecular Hbond substituents is 2. The summed E-state index contributed by atoms with van der Waals surface area (Å²) in [7, 11) is 0.763. The van der Waals surface area contributed by atoms with Crippen LogP contribution in [0, 0.1) is 18.3 Å². The van der Waals surface area contributed by atoms with Gasteiger partial charge < -0.3 is 30.5 Å². The number of likely N-dealkylation sites (tertiary alicyclic amines) is 1. The number of benzene rings is 2. The summed E-state index contributed by atoms with van der Waals surface area (Å²) in [6.45, 7) is 13.3. The topological polar surface area (TPSA) is 111 Å². The molecule has 2 fully saturated rings. The summed E-state index contributed by atoms with van der Waals surface area (Å²) in [5.41, 5.74) is 1.00. The number of halogens is 1. The van der Waals surface area contributed by atoms with Gasteiger partial charge in [-0.3, -0.25) is 9.59 Å². The van der Waals surface area contributed by atoms with E-state index in [-0.39, 0.29) is 40.5 Å². The molecule has 0 spiro atoms. The second-order valence-electron chi connectivity index (χ2n) is 12.6. The zero-order valence-corrected chi connectivity index (χ0v) is 30.3. The highest BCUT2D eigenvalue weighted by atomic mass is 35.5. The van der Waals surface area contributed by atoms with Crippen molar-refractivity contribution in [3.63, 3.8) is 0 Å². The predicted molar refractivity (Wildman–Crippen MR) is 194 cm³/mol. The number of fused-ring (bicyclic) bond motifs is 1. The predicted octanol–water partition coefficient (Wildman–Crippen LogP) is 7.12. The van der Waals surface area contributed by atoms with Crippen LogP contribution in [-0.4, -0.2) is 64.9 Å². The normalized spacial score (nSPS) is 17.7. The van der Waals surface area contributed by atoms with Gasteiger partial charge in [-0.2, -0.15) is 0 Å². The van der Waals surface area contributed by atoms with Crippen LogP contribution in [0.2, 0.25) is 5.02 Å². The number of nitrogens with zero attached hydrogens (tertiary/aromatic N) is 1. The number of hydrogen-bond donors (Lipinski definition) is 4. The van der Waals surface area contributed by atoms with Crippen molar-refractivity contribution >= 4 is 42.7 Å². The molecule has 2 amide bonds. The SMILES string of the molecule is CC.CC(C)NC(=O)C1(C2CCCCC2)CCN(CCCNC(=O)C2=CC=Pc3cc(O)c(O)cc3O2)CC1.Cc1ccc(Cl)cc1. The molecule has 0 radical (unpaired) electrons. The van der Waals surface area contributed by atoms with Gasteiger partial charge in [0.05, 0.1) is 5.41 Å². The van der Waals surface area contributed by atoms with Crippen LogP contribution in [-0.2, 0) is 9.59 Å². The monoisotopic (exact) mass is 685 g/mol. The molecule has 0 unspecified atom stereocenters. The van der Waals surface area contributed by atoms with Crippen LogP contribution in [0.4, 0.5) is 0 Å². The van der Waals surface area contributed by atoms with Crippen LogP contribution in [0.1, 0.15) is 84.6 Å². The third-order valence-electron chi connectivity index (χ3n) is 8.89. The molecule has 1 saturated carbocycles. The average molecular weight is 686 g/mol. The fourth-order valence-electron chi connectivity index (χ4n) is 6.37. The number of hydrogen-bond acceptors (Lipinski definition) is 6. The van der Waals surface area contributed by atoms with Crippen LogP contribution >= 0.6 is 19.8 Å². The molecular weight excluding hydrogens is 633 g/mol. The Bertz CT molecular complexity index is 1340. The summed E-state index contributed by atoms with van der Waals surface area (Å²) in [4.78, 5) is 28.4. The van der Waals surface area contributed by atoms with E-state index in [1.54, 1.807) is 11.9 Å². The molecule has 5 rings (SSSR count). The van der Waals surface area contributed by atoms with Crippen molar-refractivity contribution in [3.05, 3.63) is 58.8 Å². The molecule has 0 atom stereocenters. The number of allylic oxidation sites excluding steroid dienone is 1. The number of ether oxygens (including phenoxy) is 1. The van der Waals surface area contributed by atoms with Crippen molar-refractivity contribution in [2.45, 2.75) is 92.0 Å². The second kappa shape index (κ2) is 19.1. The molecule has 8 nitrogen and oxygen atoms in total. The van der Waals surface area contributed by atoms with Gasteiger partial charge in [-0.15, -0.1) is 0 Å². The molecule has 1 saturated heterocycles. The minimum absolute atomic E-state index is 0.155. The van der Waals surface area contributed by atoms with E-state index in [2.05, 4.69) is 15.5 Å². The smallest absolute Gasteiger partial charge is 0.287 e. The molecule has 4 N–H and O–H groups in total. The van der Waals surface area contributed by atoms with Gasteiger partial charge in [0.1, 0.15) is 5.75 Å². The Morgan fingerprint density at radius 2 is 1.68 bits per heavy atom. The zero-order chi connectivity index (χ0) is 34.4. The van der Waals surface area contributed by atoms with Gasteiger partial charge in [0, 0.05) is 29.0 Å². The van der Waals surface area contributed by atoms with E-state index < -0.39 is 0 Å². The van der Waals surface area contributed by atoms with E-state index in [1.807, 2.05) is 58.9 Å². The lowest BCUT2D eigenvalue weighted by Crippen LogP contribution is -2.54. The molecule has 0 aromatic heterocycles. The number of phenols is 2. The quantitative estimate of drug-likeness (QED) is 0.134. The maximum atomic E-state index is 13.3. The lowest BCUT2D eigenvalue weighted by Gasteiger charge is -2.47. The lowest BCUT2D eigenvalue weighted by atomic mass is 9.63. The van der Waals surface area contributed by atoms with Crippen molar-refractivity contribution in [2.24, 2.45) is 11.3 Å². The first-order chi connectivity index (χ1) is 22.6. The van der Waals surface area contributed by atoms with E-state index >= 15 is 0 Å². The number of amides is 2. The van der Waals surface area contributed by atoms with Crippen molar-refractivity contribution in [2.75, 3.05) is 26.2 Å². The number of nitrogens with one attached hydrogen (secondary N) is 2. The van der Waals surface area contributed by atoms with Gasteiger partial charge in [-0.05, 0) is 108 Å². The second-order valence-corrected chi connectivity index (χ2v) is 14.1. The first kappa shape index (κ1) is 38.4. The van der Waals surface area contributed by atoms with Gasteiger partial charge in [0.2, 0.25) is 5.91 Å². The fourth-order valence-corrected chi connectivity index (χ4v) is 7.30. The van der Waals surface area contributed by atoms with E-state index in [0.29, 0.717) is 23.5 Å². The minimum atomic E-state index is -0.313. The van der Waals surface area contributed by atoms with Crippen molar-refractivity contribution in [1.82, 2.24) is 15.5 Å². The number of piperidine rings is 1. The van der Waals surface area contributed by atoms with Gasteiger partial charge >= 0.3 is 0 Å². The maximum absolute atomic E-state index is 13.3. The summed E-state index contributed by atoms with van der Waals surface area (Å²) in [6, 6.07) is 10.7. The van der Waals surface area contributed by atoms with Crippen LogP contribution < -0.4 is 20.7 Å². The third-order valence-corrected chi connectivity index (χ3v) is 10.1. The zero-order valence-electron chi connectivity index (χ0n) is 28.7. The molecule has 1 aliphatic carbocycles. The molecule has 2 aromatic carbocycles. The van der Waals surface area contributed by atoms with Gasteiger partial charge in [-0.1, -0.05) is 70.6 Å². The summed E-state index contributed by atoms with van der Waals surface area (Å²) in [5, 5.41) is 27.1. The molecule has 10 heteroatoms. The first-order valence-corrected chi connectivity index (χ1v) is 18.4. The van der Waals surface area contributed by atoms with Crippen LogP contribution in [0.5, 0.6) is 17.2 Å². The minimum Gasteiger partial charge on any atom is -0.504 e. The van der Waals surface area contributed by atoms with Crippen LogP contribution in [0.3, 0.4) is 0 Å². The average Bonchev–Trinajstić information content (AvgIpc) is 3.28. The molecule has 2 heterocycles. The summed E-state index contributed by atoms with van der Waals surface area (Å²) < 4.78 is 5.72. The largest absolute Gasteiger partial charge is 0.504 e. The lowest BCUT2D eigenvalue weighted by molar-refractivity contribution is -0.140. The number of aromatic hydroxyl groups is 2. The first-order valence-electron chi connectivity index (χ1n) is 17.1. The Hall–Kier alpha value is -3.06.